The third-order valence-electron chi connectivity index (χ3n) is 6.14. The van der Waals surface area contributed by atoms with Crippen molar-refractivity contribution in [1.82, 2.24) is 4.98 Å². The lowest BCUT2D eigenvalue weighted by atomic mass is 9.95. The van der Waals surface area contributed by atoms with Gasteiger partial charge >= 0.3 is 5.97 Å². The molecule has 0 saturated carbocycles. The van der Waals surface area contributed by atoms with Crippen molar-refractivity contribution >= 4 is 55.0 Å². The fourth-order valence-corrected chi connectivity index (χ4v) is 5.98. The number of amides is 1. The van der Waals surface area contributed by atoms with E-state index in [1.165, 1.54) is 16.2 Å². The van der Waals surface area contributed by atoms with Gasteiger partial charge in [0.1, 0.15) is 5.00 Å². The Balaban J connectivity index is 1.56. The Kier molecular flexibility index (Phi) is 6.97. The second kappa shape index (κ2) is 10.3. The Morgan fingerprint density at radius 1 is 1.09 bits per heavy atom. The highest BCUT2D eigenvalue weighted by Crippen LogP contribution is 2.39. The zero-order chi connectivity index (χ0) is 24.4. The van der Waals surface area contributed by atoms with E-state index in [9.17, 15) is 9.59 Å². The number of fused-ring (bicyclic) bond motifs is 2. The van der Waals surface area contributed by atoms with Gasteiger partial charge in [-0.2, -0.15) is 0 Å². The summed E-state index contributed by atoms with van der Waals surface area (Å²) in [6, 6.07) is 17.3. The van der Waals surface area contributed by atoms with Crippen molar-refractivity contribution in [2.45, 2.75) is 39.0 Å². The fraction of sp³-hybridized carbons (Fsp3) is 0.250. The number of halogens is 1. The maximum absolute atomic E-state index is 13.7. The van der Waals surface area contributed by atoms with Gasteiger partial charge in [0.15, 0.2) is 0 Å². The minimum atomic E-state index is -0.350. The van der Waals surface area contributed by atoms with E-state index in [-0.39, 0.29) is 11.9 Å². The molecular formula is C28H25BrN2O3S. The van der Waals surface area contributed by atoms with Gasteiger partial charge in [0.25, 0.3) is 5.91 Å². The summed E-state index contributed by atoms with van der Waals surface area (Å²) < 4.78 is 6.47. The van der Waals surface area contributed by atoms with Crippen LogP contribution < -0.4 is 5.32 Å². The number of aromatic nitrogens is 1. The zero-order valence-electron chi connectivity index (χ0n) is 19.4. The quantitative estimate of drug-likeness (QED) is 0.254. The predicted octanol–water partition coefficient (Wildman–Crippen LogP) is 7.42. The molecule has 2 aromatic heterocycles. The Hall–Kier alpha value is -3.03. The first kappa shape index (κ1) is 23.7. The highest BCUT2D eigenvalue weighted by Gasteiger charge is 2.28. The number of nitrogens with one attached hydrogen (secondary N) is 1. The first-order valence-electron chi connectivity index (χ1n) is 11.8. The summed E-state index contributed by atoms with van der Waals surface area (Å²) in [6.45, 7) is 2.33. The van der Waals surface area contributed by atoms with Crippen LogP contribution in [0.1, 0.15) is 57.3 Å². The van der Waals surface area contributed by atoms with Crippen molar-refractivity contribution in [2.24, 2.45) is 0 Å². The first-order chi connectivity index (χ1) is 17.0. The van der Waals surface area contributed by atoms with E-state index in [4.69, 9.17) is 9.72 Å². The molecule has 0 spiro atoms. The molecule has 0 saturated heterocycles. The third-order valence-corrected chi connectivity index (χ3v) is 7.88. The zero-order valence-corrected chi connectivity index (χ0v) is 21.8. The molecule has 1 aliphatic carbocycles. The monoisotopic (exact) mass is 548 g/mol. The summed E-state index contributed by atoms with van der Waals surface area (Å²) in [5, 5.41) is 4.41. The van der Waals surface area contributed by atoms with E-state index in [1.54, 1.807) is 0 Å². The van der Waals surface area contributed by atoms with E-state index >= 15 is 0 Å². The second-order valence-corrected chi connectivity index (χ2v) is 10.6. The van der Waals surface area contributed by atoms with Gasteiger partial charge in [-0.3, -0.25) is 4.79 Å². The molecular weight excluding hydrogens is 524 g/mol. The molecule has 0 atom stereocenters. The smallest absolute Gasteiger partial charge is 0.341 e. The Bertz CT molecular complexity index is 1410. The van der Waals surface area contributed by atoms with Gasteiger partial charge in [-0.25, -0.2) is 9.78 Å². The number of para-hydroxylation sites is 1. The molecule has 35 heavy (non-hydrogen) atoms. The van der Waals surface area contributed by atoms with Crippen LogP contribution in [-0.4, -0.2) is 23.5 Å². The maximum Gasteiger partial charge on any atom is 0.341 e. The molecule has 1 amide bonds. The summed E-state index contributed by atoms with van der Waals surface area (Å²) >= 11 is 4.97. The lowest BCUT2D eigenvalue weighted by molar-refractivity contribution is 0.0505. The first-order valence-corrected chi connectivity index (χ1v) is 13.4. The molecule has 0 aliphatic heterocycles. The average Bonchev–Trinajstić information content (AvgIpc) is 3.24. The molecule has 5 rings (SSSR count). The second-order valence-electron chi connectivity index (χ2n) is 8.58. The largest absolute Gasteiger partial charge is 0.462 e. The van der Waals surface area contributed by atoms with Crippen LogP contribution in [-0.2, 0) is 17.6 Å². The minimum absolute atomic E-state index is 0.259. The normalized spacial score (nSPS) is 12.9. The van der Waals surface area contributed by atoms with Crippen LogP contribution in [0.15, 0.2) is 59.1 Å². The Morgan fingerprint density at radius 3 is 2.66 bits per heavy atom. The molecule has 7 heteroatoms. The van der Waals surface area contributed by atoms with Gasteiger partial charge in [-0.1, -0.05) is 53.2 Å². The number of rotatable bonds is 6. The predicted molar refractivity (Wildman–Crippen MR) is 144 cm³/mol. The Labute approximate surface area is 216 Å². The van der Waals surface area contributed by atoms with Crippen molar-refractivity contribution in [3.63, 3.8) is 0 Å². The summed E-state index contributed by atoms with van der Waals surface area (Å²) in [5.74, 6) is -0.609. The number of esters is 1. The highest BCUT2D eigenvalue weighted by molar-refractivity contribution is 9.10. The van der Waals surface area contributed by atoms with Crippen molar-refractivity contribution < 1.29 is 14.3 Å². The number of pyridine rings is 1. The topological polar surface area (TPSA) is 68.3 Å². The van der Waals surface area contributed by atoms with Crippen LogP contribution in [0.5, 0.6) is 0 Å². The number of aryl methyl sites for hydroxylation is 1. The maximum atomic E-state index is 13.7. The van der Waals surface area contributed by atoms with Gasteiger partial charge in [0.2, 0.25) is 0 Å². The fourth-order valence-electron chi connectivity index (χ4n) is 4.44. The number of hydrogen-bond donors (Lipinski definition) is 1. The van der Waals surface area contributed by atoms with E-state index in [1.807, 2.05) is 61.5 Å². The molecule has 1 N–H and O–H groups in total. The Morgan fingerprint density at radius 2 is 1.86 bits per heavy atom. The molecule has 4 aromatic rings. The number of nitrogens with zero attached hydrogens (tertiary/aromatic N) is 1. The van der Waals surface area contributed by atoms with Gasteiger partial charge in [-0.05, 0) is 61.9 Å². The van der Waals surface area contributed by atoms with Crippen LogP contribution in [0.4, 0.5) is 5.00 Å². The van der Waals surface area contributed by atoms with Crippen LogP contribution in [0.3, 0.4) is 0 Å². The molecule has 0 unspecified atom stereocenters. The van der Waals surface area contributed by atoms with Gasteiger partial charge < -0.3 is 10.1 Å². The average molecular weight is 549 g/mol. The molecule has 0 bridgehead atoms. The summed E-state index contributed by atoms with van der Waals surface area (Å²) in [7, 11) is 0. The van der Waals surface area contributed by atoms with Crippen molar-refractivity contribution in [3.8, 4) is 11.3 Å². The lowest BCUT2D eigenvalue weighted by Gasteiger charge is -2.13. The van der Waals surface area contributed by atoms with Crippen molar-refractivity contribution in [1.29, 1.82) is 0 Å². The standard InChI is InChI=1S/C28H25BrN2O3S/c1-2-15-34-28(33)25-20-8-4-6-10-24(20)35-27(25)31-26(32)21-16-23(17-11-13-18(29)14-12-17)30-22-9-5-3-7-19(21)22/h3,5,7,9,11-14,16H,2,4,6,8,10,15H2,1H3,(H,31,32). The van der Waals surface area contributed by atoms with E-state index in [0.29, 0.717) is 22.7 Å². The minimum Gasteiger partial charge on any atom is -0.462 e. The van der Waals surface area contributed by atoms with Gasteiger partial charge in [0.05, 0.1) is 28.9 Å². The molecule has 178 valence electrons. The van der Waals surface area contributed by atoms with Crippen LogP contribution in [0.25, 0.3) is 22.2 Å². The number of anilines is 1. The van der Waals surface area contributed by atoms with Gasteiger partial charge in [-0.15, -0.1) is 11.3 Å². The molecule has 0 radical (unpaired) electrons. The van der Waals surface area contributed by atoms with Crippen molar-refractivity contribution in [3.05, 3.63) is 80.6 Å². The van der Waals surface area contributed by atoms with Crippen LogP contribution in [0.2, 0.25) is 0 Å². The summed E-state index contributed by atoms with van der Waals surface area (Å²) in [5.41, 5.74) is 4.46. The summed E-state index contributed by atoms with van der Waals surface area (Å²) in [4.78, 5) is 32.6. The molecule has 0 fully saturated rings. The number of hydrogen-bond acceptors (Lipinski definition) is 5. The van der Waals surface area contributed by atoms with E-state index < -0.39 is 0 Å². The lowest BCUT2D eigenvalue weighted by Crippen LogP contribution is -2.16. The molecule has 2 heterocycles. The van der Waals surface area contributed by atoms with E-state index in [2.05, 4.69) is 21.2 Å². The molecule has 5 nitrogen and oxygen atoms in total. The van der Waals surface area contributed by atoms with Crippen LogP contribution in [0, 0.1) is 0 Å². The number of thiophene rings is 1. The van der Waals surface area contributed by atoms with E-state index in [0.717, 1.165) is 64.3 Å². The van der Waals surface area contributed by atoms with Gasteiger partial charge in [0, 0.05) is 20.3 Å². The number of carbonyl (C=O) groups excluding carboxylic acids is 2. The highest BCUT2D eigenvalue weighted by atomic mass is 79.9. The third kappa shape index (κ3) is 4.88. The van der Waals surface area contributed by atoms with Crippen molar-refractivity contribution in [2.75, 3.05) is 11.9 Å². The van der Waals surface area contributed by atoms with Crippen LogP contribution >= 0.6 is 27.3 Å². The number of carbonyl (C=O) groups is 2. The molecule has 2 aromatic carbocycles. The number of benzene rings is 2. The molecule has 1 aliphatic rings. The SMILES string of the molecule is CCCOC(=O)c1c(NC(=O)c2cc(-c3ccc(Br)cc3)nc3ccccc23)sc2c1CCCC2. The summed E-state index contributed by atoms with van der Waals surface area (Å²) in [6.07, 6.45) is 4.65. The number of ether oxygens (including phenoxy) is 1.